The molecule has 0 atom stereocenters. The van der Waals surface area contributed by atoms with Gasteiger partial charge in [-0.15, -0.1) is 0 Å². The van der Waals surface area contributed by atoms with Crippen molar-refractivity contribution in [3.8, 4) is 6.01 Å². The van der Waals surface area contributed by atoms with Crippen LogP contribution >= 0.6 is 0 Å². The summed E-state index contributed by atoms with van der Waals surface area (Å²) in [6, 6.07) is 1.90. The number of nitrogens with one attached hydrogen (secondary N) is 2. The van der Waals surface area contributed by atoms with E-state index in [0.29, 0.717) is 17.3 Å². The second-order valence-corrected chi connectivity index (χ2v) is 6.25. The summed E-state index contributed by atoms with van der Waals surface area (Å²) < 4.78 is 5.42. The van der Waals surface area contributed by atoms with Crippen LogP contribution in [0.3, 0.4) is 0 Å². The minimum Gasteiger partial charge on any atom is -0.477 e. The van der Waals surface area contributed by atoms with Gasteiger partial charge >= 0.3 is 12.0 Å². The van der Waals surface area contributed by atoms with Gasteiger partial charge in [-0.2, -0.15) is 9.97 Å². The topological polar surface area (TPSA) is 96.4 Å². The first kappa shape index (κ1) is 14.1. The number of carboxylic acid groups (broad SMARTS) is 1. The molecule has 2 aliphatic rings. The van der Waals surface area contributed by atoms with Crippen molar-refractivity contribution in [2.75, 3.05) is 18.4 Å². The van der Waals surface area contributed by atoms with Gasteiger partial charge in [0, 0.05) is 25.2 Å². The highest BCUT2D eigenvalue weighted by Gasteiger charge is 2.48. The lowest BCUT2D eigenvalue weighted by Gasteiger charge is -2.54. The van der Waals surface area contributed by atoms with Crippen LogP contribution in [0.4, 0.5) is 5.82 Å². The number of carboxylic acids is 1. The number of aromatic nitrogens is 2. The van der Waals surface area contributed by atoms with E-state index in [9.17, 15) is 4.79 Å². The summed E-state index contributed by atoms with van der Waals surface area (Å²) in [6.07, 6.45) is 2.08. The highest BCUT2D eigenvalue weighted by molar-refractivity contribution is 5.86. The third-order valence-corrected chi connectivity index (χ3v) is 3.98. The van der Waals surface area contributed by atoms with E-state index in [1.165, 1.54) is 6.07 Å². The zero-order valence-electron chi connectivity index (χ0n) is 12.2. The fraction of sp³-hybridized carbons (Fsp3) is 0.643. The summed E-state index contributed by atoms with van der Waals surface area (Å²) in [6.45, 7) is 5.86. The number of ether oxygens (including phenoxy) is 1. The van der Waals surface area contributed by atoms with Crippen molar-refractivity contribution in [1.82, 2.24) is 15.3 Å². The van der Waals surface area contributed by atoms with Crippen LogP contribution in [0.15, 0.2) is 6.07 Å². The Bertz CT molecular complexity index is 549. The minimum absolute atomic E-state index is 0.0532. The van der Waals surface area contributed by atoms with Crippen LogP contribution in [0.2, 0.25) is 0 Å². The predicted molar refractivity (Wildman–Crippen MR) is 76.7 cm³/mol. The zero-order chi connectivity index (χ0) is 15.0. The molecule has 0 amide bonds. The third-order valence-electron chi connectivity index (χ3n) is 3.98. The van der Waals surface area contributed by atoms with Crippen LogP contribution in [0, 0.1) is 5.41 Å². The predicted octanol–water partition coefficient (Wildman–Crippen LogP) is 1.13. The Balaban J connectivity index is 1.71. The molecule has 3 rings (SSSR count). The van der Waals surface area contributed by atoms with E-state index in [2.05, 4.69) is 20.6 Å². The van der Waals surface area contributed by atoms with Crippen LogP contribution in [0.1, 0.15) is 37.2 Å². The van der Waals surface area contributed by atoms with E-state index in [1.807, 2.05) is 13.8 Å². The number of nitrogens with zero attached hydrogens (tertiary/aromatic N) is 2. The summed E-state index contributed by atoms with van der Waals surface area (Å²) in [4.78, 5) is 19.3. The van der Waals surface area contributed by atoms with Crippen molar-refractivity contribution >= 4 is 11.8 Å². The quantitative estimate of drug-likeness (QED) is 0.748. The Morgan fingerprint density at radius 1 is 1.48 bits per heavy atom. The normalized spacial score (nSPS) is 20.0. The van der Waals surface area contributed by atoms with Crippen molar-refractivity contribution in [3.63, 3.8) is 0 Å². The number of aromatic carboxylic acids is 1. The van der Waals surface area contributed by atoms with Crippen LogP contribution < -0.4 is 15.4 Å². The lowest BCUT2D eigenvalue weighted by Crippen LogP contribution is -2.63. The fourth-order valence-electron chi connectivity index (χ4n) is 2.94. The molecule has 0 unspecified atom stereocenters. The summed E-state index contributed by atoms with van der Waals surface area (Å²) >= 11 is 0. The SMILES string of the molecule is CC(C)Oc1nc(NC2CC3(CNC3)C2)cc(C(=O)O)n1. The average Bonchev–Trinajstić information content (AvgIpc) is 2.29. The molecule has 1 aromatic heterocycles. The molecule has 1 aromatic rings. The first-order valence-electron chi connectivity index (χ1n) is 7.22. The molecule has 0 radical (unpaired) electrons. The molecule has 7 nitrogen and oxygen atoms in total. The molecule has 1 aliphatic carbocycles. The molecule has 7 heteroatoms. The molecule has 21 heavy (non-hydrogen) atoms. The lowest BCUT2D eigenvalue weighted by molar-refractivity contribution is 0.0468. The van der Waals surface area contributed by atoms with E-state index >= 15 is 0 Å². The maximum atomic E-state index is 11.1. The van der Waals surface area contributed by atoms with Gasteiger partial charge in [0.15, 0.2) is 5.69 Å². The van der Waals surface area contributed by atoms with Gasteiger partial charge in [0.2, 0.25) is 0 Å². The van der Waals surface area contributed by atoms with Gasteiger partial charge in [-0.3, -0.25) is 0 Å². The molecule has 2 fully saturated rings. The van der Waals surface area contributed by atoms with Gasteiger partial charge < -0.3 is 20.5 Å². The molecule has 1 saturated carbocycles. The van der Waals surface area contributed by atoms with Gasteiger partial charge in [-0.25, -0.2) is 4.79 Å². The van der Waals surface area contributed by atoms with Gasteiger partial charge in [-0.1, -0.05) is 0 Å². The fourth-order valence-corrected chi connectivity index (χ4v) is 2.94. The van der Waals surface area contributed by atoms with Gasteiger partial charge in [0.25, 0.3) is 0 Å². The molecule has 1 saturated heterocycles. The van der Waals surface area contributed by atoms with Crippen molar-refractivity contribution in [2.45, 2.75) is 38.8 Å². The third kappa shape index (κ3) is 2.92. The Kier molecular flexibility index (Phi) is 3.44. The van der Waals surface area contributed by atoms with Crippen molar-refractivity contribution in [2.24, 2.45) is 5.41 Å². The highest BCUT2D eigenvalue weighted by atomic mass is 16.5. The van der Waals surface area contributed by atoms with Crippen LogP contribution in [0.25, 0.3) is 0 Å². The monoisotopic (exact) mass is 292 g/mol. The van der Waals surface area contributed by atoms with E-state index < -0.39 is 5.97 Å². The number of carbonyl (C=O) groups is 1. The maximum absolute atomic E-state index is 11.1. The van der Waals surface area contributed by atoms with Gasteiger partial charge in [0.05, 0.1) is 6.10 Å². The second-order valence-electron chi connectivity index (χ2n) is 6.25. The number of hydrogen-bond acceptors (Lipinski definition) is 6. The van der Waals surface area contributed by atoms with Gasteiger partial charge in [-0.05, 0) is 32.1 Å². The number of rotatable bonds is 5. The van der Waals surface area contributed by atoms with Crippen molar-refractivity contribution in [3.05, 3.63) is 11.8 Å². The minimum atomic E-state index is -1.08. The van der Waals surface area contributed by atoms with Crippen molar-refractivity contribution < 1.29 is 14.6 Å². The molecule has 0 bridgehead atoms. The van der Waals surface area contributed by atoms with E-state index in [-0.39, 0.29) is 17.8 Å². The Morgan fingerprint density at radius 3 is 2.71 bits per heavy atom. The molecule has 0 aromatic carbocycles. The molecular formula is C14H20N4O3. The van der Waals surface area contributed by atoms with Crippen LogP contribution in [0.5, 0.6) is 6.01 Å². The first-order chi connectivity index (χ1) is 9.96. The summed E-state index contributed by atoms with van der Waals surface area (Å²) in [5, 5.41) is 15.7. The van der Waals surface area contributed by atoms with E-state index in [1.54, 1.807) is 0 Å². The summed E-state index contributed by atoms with van der Waals surface area (Å²) in [7, 11) is 0. The van der Waals surface area contributed by atoms with Gasteiger partial charge in [0.1, 0.15) is 5.82 Å². The maximum Gasteiger partial charge on any atom is 0.354 e. The zero-order valence-corrected chi connectivity index (χ0v) is 12.2. The van der Waals surface area contributed by atoms with Crippen LogP contribution in [-0.2, 0) is 0 Å². The molecule has 1 spiro atoms. The Hall–Kier alpha value is -1.89. The molecular weight excluding hydrogens is 272 g/mol. The van der Waals surface area contributed by atoms with E-state index in [4.69, 9.17) is 9.84 Å². The molecule has 2 heterocycles. The van der Waals surface area contributed by atoms with E-state index in [0.717, 1.165) is 25.9 Å². The van der Waals surface area contributed by atoms with Crippen LogP contribution in [-0.4, -0.2) is 46.3 Å². The second kappa shape index (κ2) is 5.14. The largest absolute Gasteiger partial charge is 0.477 e. The lowest BCUT2D eigenvalue weighted by atomic mass is 9.62. The Labute approximate surface area is 123 Å². The molecule has 3 N–H and O–H groups in total. The summed E-state index contributed by atoms with van der Waals surface area (Å²) in [5.74, 6) is -0.562. The average molecular weight is 292 g/mol. The first-order valence-corrected chi connectivity index (χ1v) is 7.22. The molecule has 1 aliphatic heterocycles. The number of anilines is 1. The highest BCUT2D eigenvalue weighted by Crippen LogP contribution is 2.45. The molecule has 114 valence electrons. The standard InChI is InChI=1S/C14H20N4O3/c1-8(2)21-13-17-10(12(19)20)3-11(18-13)16-9-4-14(5-9)6-15-7-14/h3,8-9,15H,4-7H2,1-2H3,(H,19,20)(H,16,17,18). The number of hydrogen-bond donors (Lipinski definition) is 3. The smallest absolute Gasteiger partial charge is 0.354 e. The van der Waals surface area contributed by atoms with Crippen molar-refractivity contribution in [1.29, 1.82) is 0 Å². The Morgan fingerprint density at radius 2 is 2.19 bits per heavy atom. The summed E-state index contributed by atoms with van der Waals surface area (Å²) in [5.41, 5.74) is 0.403.